The van der Waals surface area contributed by atoms with E-state index in [-0.39, 0.29) is 0 Å². The van der Waals surface area contributed by atoms with E-state index < -0.39 is 0 Å². The van der Waals surface area contributed by atoms with Crippen LogP contribution in [0.5, 0.6) is 11.5 Å². The number of thiocarbonyl (C=S) groups is 1. The average Bonchev–Trinajstić information content (AvgIpc) is 2.57. The number of ether oxygens (including phenoxy) is 2. The number of benzene rings is 2. The maximum absolute atomic E-state index is 5.41. The lowest BCUT2D eigenvalue weighted by atomic mass is 10.1. The van der Waals surface area contributed by atoms with Gasteiger partial charge in [0.2, 0.25) is 0 Å². The molecular weight excluding hydrogens is 308 g/mol. The van der Waals surface area contributed by atoms with Gasteiger partial charge in [0, 0.05) is 12.2 Å². The predicted molar refractivity (Wildman–Crippen MR) is 98.5 cm³/mol. The van der Waals surface area contributed by atoms with Gasteiger partial charge in [-0.2, -0.15) is 0 Å². The highest BCUT2D eigenvalue weighted by Gasteiger charge is 2.02. The predicted octanol–water partition coefficient (Wildman–Crippen LogP) is 3.62. The standard InChI is InChI=1S/C18H22N2O2S/c1-3-22-16-10-8-15(9-11-16)20-18(23)19-13-12-14-6-4-5-7-17(14)21-2/h4-11H,3,12-13H2,1-2H3,(H2,19,20,23). The van der Waals surface area contributed by atoms with Crippen molar-refractivity contribution in [3.63, 3.8) is 0 Å². The van der Waals surface area contributed by atoms with Crippen molar-refractivity contribution in [1.29, 1.82) is 0 Å². The third kappa shape index (κ3) is 5.45. The van der Waals surface area contributed by atoms with Crippen LogP contribution in [-0.4, -0.2) is 25.4 Å². The average molecular weight is 330 g/mol. The first kappa shape index (κ1) is 17.1. The highest BCUT2D eigenvalue weighted by Crippen LogP contribution is 2.17. The maximum Gasteiger partial charge on any atom is 0.170 e. The molecule has 0 aliphatic carbocycles. The van der Waals surface area contributed by atoms with Gasteiger partial charge in [-0.15, -0.1) is 0 Å². The molecule has 0 saturated carbocycles. The Hall–Kier alpha value is -2.27. The Bertz CT molecular complexity index is 629. The van der Waals surface area contributed by atoms with Crippen LogP contribution in [-0.2, 0) is 6.42 Å². The van der Waals surface area contributed by atoms with Crippen molar-refractivity contribution in [3.8, 4) is 11.5 Å². The van der Waals surface area contributed by atoms with Crippen molar-refractivity contribution >= 4 is 23.0 Å². The fraction of sp³-hybridized carbons (Fsp3) is 0.278. The number of hydrogen-bond acceptors (Lipinski definition) is 3. The van der Waals surface area contributed by atoms with Gasteiger partial charge in [-0.1, -0.05) is 18.2 Å². The summed E-state index contributed by atoms with van der Waals surface area (Å²) in [6.07, 6.45) is 0.842. The van der Waals surface area contributed by atoms with Gasteiger partial charge in [-0.25, -0.2) is 0 Å². The van der Waals surface area contributed by atoms with Crippen LogP contribution in [0.3, 0.4) is 0 Å². The monoisotopic (exact) mass is 330 g/mol. The number of hydrogen-bond donors (Lipinski definition) is 2. The van der Waals surface area contributed by atoms with Crippen molar-refractivity contribution < 1.29 is 9.47 Å². The molecule has 0 spiro atoms. The smallest absolute Gasteiger partial charge is 0.170 e. The van der Waals surface area contributed by atoms with E-state index in [2.05, 4.69) is 16.7 Å². The SMILES string of the molecule is CCOc1ccc(NC(=S)NCCc2ccccc2OC)cc1. The lowest BCUT2D eigenvalue weighted by Crippen LogP contribution is -2.30. The molecule has 0 heterocycles. The fourth-order valence-corrected chi connectivity index (χ4v) is 2.42. The molecule has 0 bridgehead atoms. The Labute approximate surface area is 142 Å². The maximum atomic E-state index is 5.41. The van der Waals surface area contributed by atoms with Crippen molar-refractivity contribution in [2.75, 3.05) is 25.6 Å². The largest absolute Gasteiger partial charge is 0.496 e. The second-order valence-electron chi connectivity index (χ2n) is 4.90. The van der Waals surface area contributed by atoms with Crippen LogP contribution in [0.2, 0.25) is 0 Å². The number of nitrogens with one attached hydrogen (secondary N) is 2. The summed E-state index contributed by atoms with van der Waals surface area (Å²) in [5, 5.41) is 6.96. The van der Waals surface area contributed by atoms with Crippen molar-refractivity contribution in [1.82, 2.24) is 5.32 Å². The molecule has 2 N–H and O–H groups in total. The van der Waals surface area contributed by atoms with Gasteiger partial charge in [0.1, 0.15) is 11.5 Å². The Kier molecular flexibility index (Phi) is 6.69. The first-order valence-corrected chi connectivity index (χ1v) is 8.03. The number of anilines is 1. The van der Waals surface area contributed by atoms with Crippen LogP contribution < -0.4 is 20.1 Å². The number of methoxy groups -OCH3 is 1. The van der Waals surface area contributed by atoms with E-state index in [9.17, 15) is 0 Å². The Morgan fingerprint density at radius 1 is 1.09 bits per heavy atom. The molecule has 0 radical (unpaired) electrons. The third-order valence-electron chi connectivity index (χ3n) is 3.30. The van der Waals surface area contributed by atoms with Crippen LogP contribution in [0, 0.1) is 0 Å². The van der Waals surface area contributed by atoms with Gasteiger partial charge >= 0.3 is 0 Å². The minimum atomic E-state index is 0.601. The van der Waals surface area contributed by atoms with E-state index in [1.54, 1.807) is 7.11 Å². The summed E-state index contributed by atoms with van der Waals surface area (Å²) in [6.45, 7) is 3.37. The van der Waals surface area contributed by atoms with E-state index in [0.29, 0.717) is 11.7 Å². The van der Waals surface area contributed by atoms with Gasteiger partial charge in [0.15, 0.2) is 5.11 Å². The van der Waals surface area contributed by atoms with Crippen molar-refractivity contribution in [2.45, 2.75) is 13.3 Å². The van der Waals surface area contributed by atoms with Crippen molar-refractivity contribution in [3.05, 3.63) is 54.1 Å². The van der Waals surface area contributed by atoms with Gasteiger partial charge in [-0.05, 0) is 61.5 Å². The van der Waals surface area contributed by atoms with Crippen LogP contribution >= 0.6 is 12.2 Å². The van der Waals surface area contributed by atoms with Crippen LogP contribution in [0.15, 0.2) is 48.5 Å². The second kappa shape index (κ2) is 9.00. The summed E-state index contributed by atoms with van der Waals surface area (Å²) in [5.74, 6) is 1.76. The quantitative estimate of drug-likeness (QED) is 0.759. The van der Waals surface area contributed by atoms with Crippen LogP contribution in [0.4, 0.5) is 5.69 Å². The summed E-state index contributed by atoms with van der Waals surface area (Å²) < 4.78 is 10.8. The zero-order chi connectivity index (χ0) is 16.5. The molecule has 2 aromatic carbocycles. The van der Waals surface area contributed by atoms with Crippen LogP contribution in [0.1, 0.15) is 12.5 Å². The topological polar surface area (TPSA) is 42.5 Å². The molecule has 0 unspecified atom stereocenters. The molecule has 0 aliphatic heterocycles. The molecule has 2 rings (SSSR count). The highest BCUT2D eigenvalue weighted by molar-refractivity contribution is 7.80. The molecule has 4 nitrogen and oxygen atoms in total. The fourth-order valence-electron chi connectivity index (χ4n) is 2.20. The molecule has 5 heteroatoms. The van der Waals surface area contributed by atoms with Gasteiger partial charge in [0.05, 0.1) is 13.7 Å². The lowest BCUT2D eigenvalue weighted by molar-refractivity contribution is 0.340. The molecule has 2 aromatic rings. The Balaban J connectivity index is 1.78. The summed E-state index contributed by atoms with van der Waals surface area (Å²) >= 11 is 5.31. The zero-order valence-corrected chi connectivity index (χ0v) is 14.3. The number of rotatable bonds is 7. The molecule has 0 atom stereocenters. The zero-order valence-electron chi connectivity index (χ0n) is 13.5. The number of para-hydroxylation sites is 1. The molecule has 0 aromatic heterocycles. The summed E-state index contributed by atoms with van der Waals surface area (Å²) in [6, 6.07) is 15.7. The summed E-state index contributed by atoms with van der Waals surface area (Å²) in [5.41, 5.74) is 2.09. The first-order chi connectivity index (χ1) is 11.2. The lowest BCUT2D eigenvalue weighted by Gasteiger charge is -2.12. The molecule has 122 valence electrons. The van der Waals surface area contributed by atoms with E-state index in [4.69, 9.17) is 21.7 Å². The first-order valence-electron chi connectivity index (χ1n) is 7.62. The molecular formula is C18H22N2O2S. The van der Waals surface area contributed by atoms with Gasteiger partial charge < -0.3 is 20.1 Å². The molecule has 0 saturated heterocycles. The summed E-state index contributed by atoms with van der Waals surface area (Å²) in [4.78, 5) is 0. The summed E-state index contributed by atoms with van der Waals surface area (Å²) in [7, 11) is 1.68. The molecule has 23 heavy (non-hydrogen) atoms. The van der Waals surface area contributed by atoms with E-state index in [0.717, 1.165) is 35.7 Å². The van der Waals surface area contributed by atoms with E-state index >= 15 is 0 Å². The van der Waals surface area contributed by atoms with Gasteiger partial charge in [-0.3, -0.25) is 0 Å². The second-order valence-corrected chi connectivity index (χ2v) is 5.31. The molecule has 0 fully saturated rings. The minimum Gasteiger partial charge on any atom is -0.496 e. The molecule has 0 amide bonds. The van der Waals surface area contributed by atoms with Crippen molar-refractivity contribution in [2.24, 2.45) is 0 Å². The highest BCUT2D eigenvalue weighted by atomic mass is 32.1. The minimum absolute atomic E-state index is 0.601. The van der Waals surface area contributed by atoms with Gasteiger partial charge in [0.25, 0.3) is 0 Å². The van der Waals surface area contributed by atoms with E-state index in [1.165, 1.54) is 0 Å². The Morgan fingerprint density at radius 3 is 2.52 bits per heavy atom. The van der Waals surface area contributed by atoms with Crippen LogP contribution in [0.25, 0.3) is 0 Å². The third-order valence-corrected chi connectivity index (χ3v) is 3.54. The Morgan fingerprint density at radius 2 is 1.83 bits per heavy atom. The molecule has 0 aliphatic rings. The normalized spacial score (nSPS) is 10.0. The van der Waals surface area contributed by atoms with E-state index in [1.807, 2.05) is 49.4 Å².